The quantitative estimate of drug-likeness (QED) is 0.254. The molecule has 0 aliphatic heterocycles. The highest BCUT2D eigenvalue weighted by molar-refractivity contribution is 5.90. The van der Waals surface area contributed by atoms with E-state index in [0.29, 0.717) is 0 Å². The Balaban J connectivity index is 1.77. The molecule has 5 rings (SSSR count). The largest absolute Gasteiger partial charge is 0.0622 e. The van der Waals surface area contributed by atoms with Crippen LogP contribution in [0.5, 0.6) is 0 Å². The van der Waals surface area contributed by atoms with Crippen molar-refractivity contribution in [2.75, 3.05) is 0 Å². The zero-order valence-electron chi connectivity index (χ0n) is 21.0. The molecule has 0 N–H and O–H groups in total. The lowest BCUT2D eigenvalue weighted by Crippen LogP contribution is -2.13. The van der Waals surface area contributed by atoms with Gasteiger partial charge in [-0.1, -0.05) is 136 Å². The van der Waals surface area contributed by atoms with E-state index >= 15 is 0 Å². The highest BCUT2D eigenvalue weighted by Crippen LogP contribution is 2.42. The lowest BCUT2D eigenvalue weighted by atomic mass is 9.79. The van der Waals surface area contributed by atoms with Gasteiger partial charge in [-0.05, 0) is 74.5 Å². The maximum absolute atomic E-state index is 2.39. The molecule has 0 saturated carbocycles. The van der Waals surface area contributed by atoms with E-state index in [4.69, 9.17) is 0 Å². The van der Waals surface area contributed by atoms with Crippen molar-refractivity contribution in [2.24, 2.45) is 0 Å². The Bertz CT molecular complexity index is 1450. The molecule has 0 heterocycles. The zero-order valence-corrected chi connectivity index (χ0v) is 21.0. The summed E-state index contributed by atoms with van der Waals surface area (Å²) in [4.78, 5) is 0. The molecule has 5 aromatic rings. The fraction of sp³-hybridized carbons (Fsp3) is 0.143. The van der Waals surface area contributed by atoms with Crippen molar-refractivity contribution < 1.29 is 0 Å². The molecular weight excluding hydrogens is 420 g/mol. The molecule has 35 heavy (non-hydrogen) atoms. The van der Waals surface area contributed by atoms with Gasteiger partial charge in [0.2, 0.25) is 0 Å². The second-order valence-electron chi connectivity index (χ2n) is 10.4. The van der Waals surface area contributed by atoms with Crippen molar-refractivity contribution in [2.45, 2.75) is 33.1 Å². The first-order valence-corrected chi connectivity index (χ1v) is 12.4. The van der Waals surface area contributed by atoms with Gasteiger partial charge >= 0.3 is 0 Å². The topological polar surface area (TPSA) is 0 Å². The van der Waals surface area contributed by atoms with Crippen LogP contribution in [0.15, 0.2) is 121 Å². The lowest BCUT2D eigenvalue weighted by Gasteiger charge is -2.25. The van der Waals surface area contributed by atoms with Gasteiger partial charge in [-0.3, -0.25) is 0 Å². The molecular formula is C35H32. The SMILES string of the molecule is Cc1cccc(-c2ccc(C(C)(C)C)c(-c3ccc(-c4ccccc4)cc3-c3ccccc3)c2)c1. The standard InChI is InChI=1S/C35H32/c1-25-12-11-17-28(22-25)30-19-21-34(35(2,3)4)33(24-30)31-20-18-29(26-13-7-5-8-14-26)23-32(31)27-15-9-6-10-16-27/h5-24H,1-4H3. The van der Waals surface area contributed by atoms with Crippen molar-refractivity contribution in [3.05, 3.63) is 132 Å². The summed E-state index contributed by atoms with van der Waals surface area (Å²) in [6.45, 7) is 9.07. The van der Waals surface area contributed by atoms with Gasteiger partial charge in [-0.2, -0.15) is 0 Å². The summed E-state index contributed by atoms with van der Waals surface area (Å²) in [7, 11) is 0. The molecule has 0 radical (unpaired) electrons. The van der Waals surface area contributed by atoms with Crippen molar-refractivity contribution in [3.63, 3.8) is 0 Å². The van der Waals surface area contributed by atoms with Crippen LogP contribution < -0.4 is 0 Å². The van der Waals surface area contributed by atoms with Gasteiger partial charge < -0.3 is 0 Å². The molecule has 0 saturated heterocycles. The minimum absolute atomic E-state index is 0.0204. The smallest absolute Gasteiger partial charge is 0.00991 e. The van der Waals surface area contributed by atoms with Crippen molar-refractivity contribution in [1.29, 1.82) is 0 Å². The molecule has 0 fully saturated rings. The van der Waals surface area contributed by atoms with Gasteiger partial charge in [-0.25, -0.2) is 0 Å². The van der Waals surface area contributed by atoms with E-state index in [-0.39, 0.29) is 5.41 Å². The fourth-order valence-electron chi connectivity index (χ4n) is 4.87. The third-order valence-corrected chi connectivity index (χ3v) is 6.68. The third kappa shape index (κ3) is 4.84. The van der Waals surface area contributed by atoms with Crippen molar-refractivity contribution in [3.8, 4) is 44.5 Å². The highest BCUT2D eigenvalue weighted by atomic mass is 14.3. The molecule has 0 aromatic heterocycles. The molecule has 0 bridgehead atoms. The van der Waals surface area contributed by atoms with Crippen LogP contribution in [0.1, 0.15) is 31.9 Å². The predicted octanol–water partition coefficient (Wildman–Crippen LogP) is 9.96. The minimum Gasteiger partial charge on any atom is -0.0622 e. The van der Waals surface area contributed by atoms with Crippen molar-refractivity contribution in [1.82, 2.24) is 0 Å². The molecule has 0 spiro atoms. The molecule has 0 nitrogen and oxygen atoms in total. The molecule has 5 aromatic carbocycles. The maximum atomic E-state index is 2.39. The van der Waals surface area contributed by atoms with Crippen LogP contribution in [0.3, 0.4) is 0 Å². The van der Waals surface area contributed by atoms with Gasteiger partial charge in [-0.15, -0.1) is 0 Å². The van der Waals surface area contributed by atoms with Crippen LogP contribution in [0.2, 0.25) is 0 Å². The van der Waals surface area contributed by atoms with E-state index in [1.54, 1.807) is 0 Å². The van der Waals surface area contributed by atoms with Gasteiger partial charge in [0.15, 0.2) is 0 Å². The normalized spacial score (nSPS) is 11.4. The summed E-state index contributed by atoms with van der Waals surface area (Å²) in [6, 6.07) is 44.1. The van der Waals surface area contributed by atoms with E-state index in [2.05, 4.69) is 149 Å². The Morgan fingerprint density at radius 1 is 0.400 bits per heavy atom. The molecule has 0 heteroatoms. The Kier molecular flexibility index (Phi) is 6.14. The summed E-state index contributed by atoms with van der Waals surface area (Å²) < 4.78 is 0. The fourth-order valence-corrected chi connectivity index (χ4v) is 4.87. The summed E-state index contributed by atoms with van der Waals surface area (Å²) in [5.41, 5.74) is 12.7. The first-order valence-electron chi connectivity index (χ1n) is 12.4. The van der Waals surface area contributed by atoms with E-state index < -0.39 is 0 Å². The van der Waals surface area contributed by atoms with Crippen LogP contribution in [0.25, 0.3) is 44.5 Å². The molecule has 0 atom stereocenters. The average Bonchev–Trinajstić information content (AvgIpc) is 2.88. The number of benzene rings is 5. The number of aryl methyl sites for hydroxylation is 1. The third-order valence-electron chi connectivity index (χ3n) is 6.68. The van der Waals surface area contributed by atoms with Crippen molar-refractivity contribution >= 4 is 0 Å². The molecule has 0 aliphatic carbocycles. The maximum Gasteiger partial charge on any atom is -0.00991 e. The van der Waals surface area contributed by atoms with Gasteiger partial charge in [0.1, 0.15) is 0 Å². The Morgan fingerprint density at radius 2 is 0.943 bits per heavy atom. The van der Waals surface area contributed by atoms with Gasteiger partial charge in [0, 0.05) is 0 Å². The van der Waals surface area contributed by atoms with Crippen LogP contribution in [0.4, 0.5) is 0 Å². The van der Waals surface area contributed by atoms with E-state index in [0.717, 1.165) is 0 Å². The monoisotopic (exact) mass is 452 g/mol. The Labute approximate surface area is 209 Å². The van der Waals surface area contributed by atoms with Crippen LogP contribution in [-0.4, -0.2) is 0 Å². The molecule has 0 amide bonds. The number of hydrogen-bond acceptors (Lipinski definition) is 0. The van der Waals surface area contributed by atoms with Gasteiger partial charge in [0.25, 0.3) is 0 Å². The second kappa shape index (κ2) is 9.39. The van der Waals surface area contributed by atoms with E-state index in [1.165, 1.54) is 55.6 Å². The zero-order chi connectivity index (χ0) is 24.4. The lowest BCUT2D eigenvalue weighted by molar-refractivity contribution is 0.592. The summed E-state index contributed by atoms with van der Waals surface area (Å²) in [6.07, 6.45) is 0. The minimum atomic E-state index is 0.0204. The van der Waals surface area contributed by atoms with Crippen LogP contribution in [-0.2, 0) is 5.41 Å². The Morgan fingerprint density at radius 3 is 1.60 bits per heavy atom. The first-order chi connectivity index (χ1) is 16.9. The predicted molar refractivity (Wildman–Crippen MR) is 152 cm³/mol. The summed E-state index contributed by atoms with van der Waals surface area (Å²) in [5.74, 6) is 0. The molecule has 0 unspecified atom stereocenters. The van der Waals surface area contributed by atoms with E-state index in [9.17, 15) is 0 Å². The number of hydrogen-bond donors (Lipinski definition) is 0. The van der Waals surface area contributed by atoms with Crippen LogP contribution in [0, 0.1) is 6.92 Å². The highest BCUT2D eigenvalue weighted by Gasteiger charge is 2.22. The average molecular weight is 453 g/mol. The summed E-state index contributed by atoms with van der Waals surface area (Å²) in [5, 5.41) is 0. The first kappa shape index (κ1) is 22.9. The molecule has 0 aliphatic rings. The van der Waals surface area contributed by atoms with E-state index in [1.807, 2.05) is 0 Å². The number of rotatable bonds is 4. The second-order valence-corrected chi connectivity index (χ2v) is 10.4. The Hall–Kier alpha value is -3.90. The van der Waals surface area contributed by atoms with Crippen LogP contribution >= 0.6 is 0 Å². The summed E-state index contributed by atoms with van der Waals surface area (Å²) >= 11 is 0. The molecule has 172 valence electrons. The van der Waals surface area contributed by atoms with Gasteiger partial charge in [0.05, 0.1) is 0 Å².